The molecule has 3 heterocycles. The summed E-state index contributed by atoms with van der Waals surface area (Å²) >= 11 is 7.68. The van der Waals surface area contributed by atoms with Gasteiger partial charge >= 0.3 is 0 Å². The molecule has 2 fully saturated rings. The van der Waals surface area contributed by atoms with Gasteiger partial charge < -0.3 is 14.7 Å². The van der Waals surface area contributed by atoms with E-state index in [1.54, 1.807) is 6.07 Å². The van der Waals surface area contributed by atoms with E-state index in [1.807, 2.05) is 36.6 Å². The monoisotopic (exact) mass is 543 g/mol. The highest BCUT2D eigenvalue weighted by atomic mass is 35.5. The van der Waals surface area contributed by atoms with Crippen molar-refractivity contribution in [3.63, 3.8) is 0 Å². The van der Waals surface area contributed by atoms with Gasteiger partial charge in [-0.15, -0.1) is 0 Å². The number of halogens is 1. The number of nitrogens with zero attached hydrogens (tertiary/aromatic N) is 5. The van der Waals surface area contributed by atoms with Crippen molar-refractivity contribution in [3.05, 3.63) is 47.1 Å². The first-order valence-corrected chi connectivity index (χ1v) is 14.5. The number of likely N-dealkylation sites (tertiary alicyclic amines) is 1. The number of piperazine rings is 1. The Morgan fingerprint density at radius 3 is 2.41 bits per heavy atom. The van der Waals surface area contributed by atoms with Crippen LogP contribution in [0.2, 0.25) is 5.15 Å². The number of piperidine rings is 1. The van der Waals surface area contributed by atoms with Crippen LogP contribution in [0.25, 0.3) is 0 Å². The first-order valence-electron chi connectivity index (χ1n) is 13.2. The summed E-state index contributed by atoms with van der Waals surface area (Å²) < 4.78 is 0. The third-order valence-corrected chi connectivity index (χ3v) is 8.20. The summed E-state index contributed by atoms with van der Waals surface area (Å²) in [4.78, 5) is 40.8. The molecule has 0 bridgehead atoms. The van der Waals surface area contributed by atoms with Crippen molar-refractivity contribution in [1.82, 2.24) is 19.8 Å². The van der Waals surface area contributed by atoms with Gasteiger partial charge in [0.1, 0.15) is 11.0 Å². The number of hydrogen-bond acceptors (Lipinski definition) is 6. The molecule has 9 heteroatoms. The van der Waals surface area contributed by atoms with Crippen LogP contribution in [-0.2, 0) is 16.0 Å². The smallest absolute Gasteiger partial charge is 0.233 e. The second-order valence-electron chi connectivity index (χ2n) is 11.2. The number of carbonyl (C=O) groups excluding carboxylic acids is 2. The van der Waals surface area contributed by atoms with E-state index in [-0.39, 0.29) is 17.9 Å². The third kappa shape index (κ3) is 7.38. The van der Waals surface area contributed by atoms with E-state index in [1.165, 1.54) is 17.3 Å². The van der Waals surface area contributed by atoms with Crippen LogP contribution >= 0.6 is 23.4 Å². The molecule has 2 amide bonds. The molecule has 1 aromatic heterocycles. The van der Waals surface area contributed by atoms with Gasteiger partial charge in [-0.2, -0.15) is 0 Å². The molecule has 1 atom stereocenters. The van der Waals surface area contributed by atoms with Gasteiger partial charge in [0.25, 0.3) is 0 Å². The summed E-state index contributed by atoms with van der Waals surface area (Å²) in [5.41, 5.74) is 0.968. The Kier molecular flexibility index (Phi) is 9.01. The van der Waals surface area contributed by atoms with Crippen molar-refractivity contribution in [3.8, 4) is 0 Å². The summed E-state index contributed by atoms with van der Waals surface area (Å²) in [6.07, 6.45) is 3.14. The molecule has 2 saturated heterocycles. The maximum Gasteiger partial charge on any atom is 0.233 e. The summed E-state index contributed by atoms with van der Waals surface area (Å²) in [6, 6.07) is 12.4. The van der Waals surface area contributed by atoms with Crippen LogP contribution in [-0.4, -0.2) is 76.1 Å². The molecule has 37 heavy (non-hydrogen) atoms. The van der Waals surface area contributed by atoms with Gasteiger partial charge in [0.2, 0.25) is 11.8 Å². The van der Waals surface area contributed by atoms with Gasteiger partial charge in [0.05, 0.1) is 5.75 Å². The molecule has 2 aromatic rings. The SMILES string of the molecule is CC1CN(c2cc(Cl)nc(SCC(=O)N3CCC(Cc4ccccc4)CC3)n2)CCN1C(=O)C(C)(C)C. The molecule has 0 saturated carbocycles. The van der Waals surface area contributed by atoms with Gasteiger partial charge in [0.15, 0.2) is 5.16 Å². The van der Waals surface area contributed by atoms with Gasteiger partial charge in [-0.1, -0.05) is 74.5 Å². The number of thioether (sulfide) groups is 1. The molecule has 0 N–H and O–H groups in total. The number of hydrogen-bond donors (Lipinski definition) is 0. The van der Waals surface area contributed by atoms with E-state index in [2.05, 4.69) is 41.1 Å². The average molecular weight is 544 g/mol. The van der Waals surface area contributed by atoms with Crippen LogP contribution in [0.1, 0.15) is 46.1 Å². The Morgan fingerprint density at radius 2 is 1.76 bits per heavy atom. The normalized spacial score (nSPS) is 19.3. The molecule has 2 aliphatic rings. The minimum absolute atomic E-state index is 0.0664. The molecule has 200 valence electrons. The predicted octanol–water partition coefficient (Wildman–Crippen LogP) is 4.79. The zero-order valence-corrected chi connectivity index (χ0v) is 23.9. The standard InChI is InChI=1S/C28H38ClN5O2S/c1-20-18-33(14-15-34(20)26(36)28(2,3)4)24-17-23(29)30-27(31-24)37-19-25(35)32-12-10-22(11-13-32)16-21-8-6-5-7-9-21/h5-9,17,20,22H,10-16,18-19H2,1-4H3. The van der Waals surface area contributed by atoms with Gasteiger partial charge in [-0.3, -0.25) is 9.59 Å². The van der Waals surface area contributed by atoms with E-state index in [9.17, 15) is 9.59 Å². The Labute approximate surface area is 230 Å². The van der Waals surface area contributed by atoms with Crippen molar-refractivity contribution >= 4 is 41.0 Å². The van der Waals surface area contributed by atoms with E-state index in [0.717, 1.165) is 38.2 Å². The van der Waals surface area contributed by atoms with E-state index >= 15 is 0 Å². The summed E-state index contributed by atoms with van der Waals surface area (Å²) in [7, 11) is 0. The lowest BCUT2D eigenvalue weighted by molar-refractivity contribution is -0.142. The van der Waals surface area contributed by atoms with Crippen molar-refractivity contribution in [2.24, 2.45) is 11.3 Å². The number of aromatic nitrogens is 2. The molecule has 7 nitrogen and oxygen atoms in total. The highest BCUT2D eigenvalue weighted by molar-refractivity contribution is 7.99. The zero-order valence-electron chi connectivity index (χ0n) is 22.3. The fourth-order valence-electron chi connectivity index (χ4n) is 5.06. The van der Waals surface area contributed by atoms with Crippen LogP contribution in [0.5, 0.6) is 0 Å². The number of benzene rings is 1. The quantitative estimate of drug-likeness (QED) is 0.296. The van der Waals surface area contributed by atoms with Crippen molar-refractivity contribution in [2.45, 2.75) is 58.2 Å². The second kappa shape index (κ2) is 12.0. The van der Waals surface area contributed by atoms with Crippen molar-refractivity contribution in [1.29, 1.82) is 0 Å². The summed E-state index contributed by atoms with van der Waals surface area (Å²) in [6.45, 7) is 11.5. The van der Waals surface area contributed by atoms with Gasteiger partial charge in [0, 0.05) is 50.2 Å². The Morgan fingerprint density at radius 1 is 1.05 bits per heavy atom. The van der Waals surface area contributed by atoms with Crippen molar-refractivity contribution in [2.75, 3.05) is 43.4 Å². The maximum absolute atomic E-state index is 12.9. The van der Waals surface area contributed by atoms with Crippen LogP contribution in [0.4, 0.5) is 5.82 Å². The van der Waals surface area contributed by atoms with E-state index < -0.39 is 5.41 Å². The number of rotatable bonds is 6. The lowest BCUT2D eigenvalue weighted by Gasteiger charge is -2.42. The van der Waals surface area contributed by atoms with Gasteiger partial charge in [-0.05, 0) is 37.7 Å². The minimum atomic E-state index is -0.401. The zero-order chi connectivity index (χ0) is 26.6. The molecule has 1 aromatic carbocycles. The lowest BCUT2D eigenvalue weighted by Crippen LogP contribution is -2.56. The van der Waals surface area contributed by atoms with Crippen LogP contribution in [0.3, 0.4) is 0 Å². The average Bonchev–Trinajstić information content (AvgIpc) is 2.87. The van der Waals surface area contributed by atoms with E-state index in [4.69, 9.17) is 16.6 Å². The molecular formula is C28H38ClN5O2S. The molecule has 0 aliphatic carbocycles. The minimum Gasteiger partial charge on any atom is -0.353 e. The highest BCUT2D eigenvalue weighted by Crippen LogP contribution is 2.27. The summed E-state index contributed by atoms with van der Waals surface area (Å²) in [5.74, 6) is 1.95. The molecule has 1 unspecified atom stereocenters. The Hall–Kier alpha value is -2.32. The first kappa shape index (κ1) is 27.7. The largest absolute Gasteiger partial charge is 0.353 e. The third-order valence-electron chi connectivity index (χ3n) is 7.17. The van der Waals surface area contributed by atoms with E-state index in [0.29, 0.717) is 41.6 Å². The van der Waals surface area contributed by atoms with Gasteiger partial charge in [-0.25, -0.2) is 9.97 Å². The molecule has 2 aliphatic heterocycles. The van der Waals surface area contributed by atoms with Crippen LogP contribution in [0, 0.1) is 11.3 Å². The topological polar surface area (TPSA) is 69.6 Å². The second-order valence-corrected chi connectivity index (χ2v) is 12.5. The Balaban J connectivity index is 1.28. The number of anilines is 1. The number of amides is 2. The number of carbonyl (C=O) groups is 2. The van der Waals surface area contributed by atoms with Crippen LogP contribution < -0.4 is 4.90 Å². The molecular weight excluding hydrogens is 506 g/mol. The fourth-order valence-corrected chi connectivity index (χ4v) is 6.05. The maximum atomic E-state index is 12.9. The summed E-state index contributed by atoms with van der Waals surface area (Å²) in [5, 5.41) is 0.873. The van der Waals surface area contributed by atoms with Crippen molar-refractivity contribution < 1.29 is 9.59 Å². The van der Waals surface area contributed by atoms with Crippen LogP contribution in [0.15, 0.2) is 41.6 Å². The highest BCUT2D eigenvalue weighted by Gasteiger charge is 2.34. The molecule has 0 spiro atoms. The lowest BCUT2D eigenvalue weighted by atomic mass is 9.90. The molecule has 0 radical (unpaired) electrons. The first-order chi connectivity index (χ1) is 17.6. The Bertz CT molecular complexity index is 1090. The predicted molar refractivity (Wildman–Crippen MR) is 150 cm³/mol. The molecule has 4 rings (SSSR count). The fraction of sp³-hybridized carbons (Fsp3) is 0.571.